The third kappa shape index (κ3) is 3.51. The number of ether oxygens (including phenoxy) is 1. The number of fused-ring (bicyclic) bond motifs is 1. The third-order valence-electron chi connectivity index (χ3n) is 4.29. The van der Waals surface area contributed by atoms with Gasteiger partial charge in [0.25, 0.3) is 0 Å². The van der Waals surface area contributed by atoms with Crippen molar-refractivity contribution in [2.24, 2.45) is 0 Å². The van der Waals surface area contributed by atoms with Crippen molar-refractivity contribution in [1.82, 2.24) is 14.4 Å². The predicted octanol–water partition coefficient (Wildman–Crippen LogP) is 3.78. The number of benzene rings is 2. The molecule has 0 fully saturated rings. The van der Waals surface area contributed by atoms with E-state index >= 15 is 0 Å². The molecule has 0 saturated carbocycles. The third-order valence-corrected chi connectivity index (χ3v) is 6.96. The Kier molecular flexibility index (Phi) is 4.88. The highest BCUT2D eigenvalue weighted by atomic mass is 32.2. The summed E-state index contributed by atoms with van der Waals surface area (Å²) in [6, 6.07) is 14.3. The van der Waals surface area contributed by atoms with E-state index in [1.807, 2.05) is 29.6 Å². The van der Waals surface area contributed by atoms with Gasteiger partial charge in [0.2, 0.25) is 21.7 Å². The van der Waals surface area contributed by atoms with Gasteiger partial charge in [-0.05, 0) is 46.5 Å². The fraction of sp³-hybridized carbons (Fsp3) is 0.158. The summed E-state index contributed by atoms with van der Waals surface area (Å²) in [5, 5.41) is 7.54. The van der Waals surface area contributed by atoms with Gasteiger partial charge in [0.05, 0.1) is 23.4 Å². The van der Waals surface area contributed by atoms with Gasteiger partial charge in [-0.15, -0.1) is 11.3 Å². The second-order valence-corrected chi connectivity index (χ2v) is 9.12. The first-order chi connectivity index (χ1) is 13.5. The van der Waals surface area contributed by atoms with Gasteiger partial charge in [-0.2, -0.15) is 9.29 Å². The summed E-state index contributed by atoms with van der Waals surface area (Å²) in [7, 11) is -0.630. The quantitative estimate of drug-likeness (QED) is 0.476. The minimum atomic E-state index is -3.71. The second-order valence-electron chi connectivity index (χ2n) is 6.12. The van der Waals surface area contributed by atoms with Gasteiger partial charge in [0.15, 0.2) is 0 Å². The van der Waals surface area contributed by atoms with E-state index in [0.717, 1.165) is 21.4 Å². The summed E-state index contributed by atoms with van der Waals surface area (Å²) in [5.74, 6) is 1.41. The Bertz CT molecular complexity index is 1220. The molecule has 4 rings (SSSR count). The molecular weight excluding hydrogens is 398 g/mol. The van der Waals surface area contributed by atoms with E-state index in [9.17, 15) is 8.42 Å². The number of hydrogen-bond acceptors (Lipinski definition) is 7. The van der Waals surface area contributed by atoms with E-state index < -0.39 is 10.0 Å². The van der Waals surface area contributed by atoms with Gasteiger partial charge in [0.1, 0.15) is 5.75 Å². The summed E-state index contributed by atoms with van der Waals surface area (Å²) in [4.78, 5) is 5.35. The Morgan fingerprint density at radius 2 is 1.93 bits per heavy atom. The summed E-state index contributed by atoms with van der Waals surface area (Å²) < 4.78 is 37.5. The zero-order chi connectivity index (χ0) is 19.7. The van der Waals surface area contributed by atoms with Crippen LogP contribution >= 0.6 is 11.3 Å². The molecule has 2 heterocycles. The van der Waals surface area contributed by atoms with E-state index in [2.05, 4.69) is 10.1 Å². The molecule has 0 aliphatic heterocycles. The van der Waals surface area contributed by atoms with Crippen molar-refractivity contribution in [1.29, 1.82) is 0 Å². The molecule has 9 heteroatoms. The maximum absolute atomic E-state index is 13.0. The second kappa shape index (κ2) is 7.34. The van der Waals surface area contributed by atoms with Crippen LogP contribution in [0.1, 0.15) is 5.89 Å². The molecule has 144 valence electrons. The van der Waals surface area contributed by atoms with Crippen LogP contribution < -0.4 is 4.74 Å². The molecule has 0 spiro atoms. The standard InChI is InChI=1S/C19H17N3O4S2/c1-22(12-18-20-19(21-26-18)17-4-3-9-27-17)28(23,24)16-8-6-13-10-15(25-2)7-5-14(13)11-16/h3-11H,12H2,1-2H3. The number of aromatic nitrogens is 2. The first-order valence-corrected chi connectivity index (χ1v) is 10.7. The molecule has 0 amide bonds. The first kappa shape index (κ1) is 18.6. The van der Waals surface area contributed by atoms with Gasteiger partial charge < -0.3 is 9.26 Å². The average molecular weight is 415 g/mol. The molecule has 0 bridgehead atoms. The fourth-order valence-electron chi connectivity index (χ4n) is 2.77. The lowest BCUT2D eigenvalue weighted by molar-refractivity contribution is 0.337. The molecule has 7 nitrogen and oxygen atoms in total. The summed E-state index contributed by atoms with van der Waals surface area (Å²) in [5.41, 5.74) is 0. The topological polar surface area (TPSA) is 85.5 Å². The average Bonchev–Trinajstić information content (AvgIpc) is 3.38. The van der Waals surface area contributed by atoms with Crippen LogP contribution in [0.2, 0.25) is 0 Å². The van der Waals surface area contributed by atoms with Gasteiger partial charge in [-0.1, -0.05) is 23.4 Å². The van der Waals surface area contributed by atoms with Crippen LogP contribution in [-0.4, -0.2) is 37.0 Å². The number of rotatable bonds is 6. The molecule has 0 N–H and O–H groups in total. The molecule has 2 aromatic heterocycles. The molecule has 28 heavy (non-hydrogen) atoms. The number of methoxy groups -OCH3 is 1. The number of hydrogen-bond donors (Lipinski definition) is 0. The highest BCUT2D eigenvalue weighted by Crippen LogP contribution is 2.26. The van der Waals surface area contributed by atoms with Crippen LogP contribution in [0.4, 0.5) is 0 Å². The summed E-state index contributed by atoms with van der Waals surface area (Å²) in [6.45, 7) is -0.0125. The smallest absolute Gasteiger partial charge is 0.243 e. The lowest BCUT2D eigenvalue weighted by Gasteiger charge is -2.15. The minimum absolute atomic E-state index is 0.0125. The van der Waals surface area contributed by atoms with Crippen LogP contribution in [0.15, 0.2) is 63.3 Å². The molecule has 0 saturated heterocycles. The Labute approximate surface area is 166 Å². The molecule has 2 aromatic carbocycles. The minimum Gasteiger partial charge on any atom is -0.497 e. The maximum Gasteiger partial charge on any atom is 0.243 e. The normalized spacial score (nSPS) is 12.0. The van der Waals surface area contributed by atoms with Crippen LogP contribution in [0, 0.1) is 0 Å². The number of sulfonamides is 1. The van der Waals surface area contributed by atoms with E-state index in [1.165, 1.54) is 22.7 Å². The maximum atomic E-state index is 13.0. The Hall–Kier alpha value is -2.75. The molecule has 4 aromatic rings. The van der Waals surface area contributed by atoms with Gasteiger partial charge >= 0.3 is 0 Å². The van der Waals surface area contributed by atoms with Crippen LogP contribution in [-0.2, 0) is 16.6 Å². The molecule has 0 aliphatic rings. The van der Waals surface area contributed by atoms with Crippen molar-refractivity contribution in [3.8, 4) is 16.5 Å². The van der Waals surface area contributed by atoms with Crippen LogP contribution in [0.25, 0.3) is 21.5 Å². The Morgan fingerprint density at radius 3 is 2.68 bits per heavy atom. The molecule has 0 aliphatic carbocycles. The Morgan fingerprint density at radius 1 is 1.14 bits per heavy atom. The molecular formula is C19H17N3O4S2. The zero-order valence-corrected chi connectivity index (χ0v) is 16.8. The van der Waals surface area contributed by atoms with Crippen molar-refractivity contribution < 1.29 is 17.7 Å². The van der Waals surface area contributed by atoms with Crippen molar-refractivity contribution >= 4 is 32.1 Å². The first-order valence-electron chi connectivity index (χ1n) is 8.38. The summed E-state index contributed by atoms with van der Waals surface area (Å²) >= 11 is 1.49. The van der Waals surface area contributed by atoms with Gasteiger partial charge in [-0.3, -0.25) is 0 Å². The van der Waals surface area contributed by atoms with E-state index in [1.54, 1.807) is 31.4 Å². The predicted molar refractivity (Wildman–Crippen MR) is 107 cm³/mol. The van der Waals surface area contributed by atoms with Crippen molar-refractivity contribution in [3.63, 3.8) is 0 Å². The molecule has 0 atom stereocenters. The van der Waals surface area contributed by atoms with Crippen LogP contribution in [0.3, 0.4) is 0 Å². The highest BCUT2D eigenvalue weighted by molar-refractivity contribution is 7.89. The van der Waals surface area contributed by atoms with E-state index in [0.29, 0.717) is 5.82 Å². The van der Waals surface area contributed by atoms with E-state index in [4.69, 9.17) is 9.26 Å². The Balaban J connectivity index is 1.58. The van der Waals surface area contributed by atoms with Gasteiger partial charge in [-0.25, -0.2) is 8.42 Å². The largest absolute Gasteiger partial charge is 0.497 e. The summed E-state index contributed by atoms with van der Waals surface area (Å²) in [6.07, 6.45) is 0. The lowest BCUT2D eigenvalue weighted by atomic mass is 10.1. The lowest BCUT2D eigenvalue weighted by Crippen LogP contribution is -2.26. The molecule has 0 unspecified atom stereocenters. The fourth-order valence-corrected chi connectivity index (χ4v) is 4.58. The van der Waals surface area contributed by atoms with Crippen molar-refractivity contribution in [2.75, 3.05) is 14.2 Å². The number of thiophene rings is 1. The number of nitrogens with zero attached hydrogens (tertiary/aromatic N) is 3. The van der Waals surface area contributed by atoms with Crippen LogP contribution in [0.5, 0.6) is 5.75 Å². The van der Waals surface area contributed by atoms with Gasteiger partial charge in [0, 0.05) is 7.05 Å². The zero-order valence-electron chi connectivity index (χ0n) is 15.2. The highest BCUT2D eigenvalue weighted by Gasteiger charge is 2.23. The van der Waals surface area contributed by atoms with E-state index in [-0.39, 0.29) is 17.3 Å². The molecule has 0 radical (unpaired) electrons. The van der Waals surface area contributed by atoms with Crippen molar-refractivity contribution in [2.45, 2.75) is 11.4 Å². The SMILES string of the molecule is COc1ccc2cc(S(=O)(=O)N(C)Cc3nc(-c4cccs4)no3)ccc2c1. The monoisotopic (exact) mass is 415 g/mol. The van der Waals surface area contributed by atoms with Crippen molar-refractivity contribution in [3.05, 3.63) is 59.8 Å².